The third-order valence-electron chi connectivity index (χ3n) is 4.03. The average Bonchev–Trinajstić information content (AvgIpc) is 2.99. The van der Waals surface area contributed by atoms with E-state index in [0.29, 0.717) is 0 Å². The van der Waals surface area contributed by atoms with Crippen molar-refractivity contribution < 1.29 is 9.84 Å². The lowest BCUT2D eigenvalue weighted by Gasteiger charge is -2.36. The molecule has 1 aliphatic rings. The summed E-state index contributed by atoms with van der Waals surface area (Å²) in [5, 5.41) is 12.8. The van der Waals surface area contributed by atoms with E-state index >= 15 is 0 Å². The molecule has 0 spiro atoms. The molecule has 20 heavy (non-hydrogen) atoms. The van der Waals surface area contributed by atoms with Gasteiger partial charge in [-0.2, -0.15) is 0 Å². The van der Waals surface area contributed by atoms with E-state index in [-0.39, 0.29) is 5.41 Å². The van der Waals surface area contributed by atoms with E-state index in [2.05, 4.69) is 24.3 Å². The molecule has 1 N–H and O–H groups in total. The molecular weight excluding hydrogens is 270 g/mol. The number of aromatic nitrogens is 1. The Balaban J connectivity index is 2.05. The molecule has 1 aromatic carbocycles. The van der Waals surface area contributed by atoms with E-state index < -0.39 is 6.10 Å². The normalized spacial score (nSPS) is 19.7. The van der Waals surface area contributed by atoms with Crippen LogP contribution in [0, 0.1) is 0 Å². The summed E-state index contributed by atoms with van der Waals surface area (Å²) in [7, 11) is 0. The molecule has 3 nitrogen and oxygen atoms in total. The van der Waals surface area contributed by atoms with E-state index in [1.807, 2.05) is 11.4 Å². The molecule has 106 valence electrons. The molecule has 1 unspecified atom stereocenters. The molecular formula is C16H19NO2S. The summed E-state index contributed by atoms with van der Waals surface area (Å²) in [4.78, 5) is 4.69. The van der Waals surface area contributed by atoms with Crippen molar-refractivity contribution in [2.45, 2.75) is 31.3 Å². The standard InChI is InChI=1S/C16H19NO2S/c1-12(18)14-11-20-15(17-14)16(7-9-19-10-8-16)13-5-3-2-4-6-13/h2-6,11-12,18H,7-10H2,1H3. The van der Waals surface area contributed by atoms with E-state index in [0.717, 1.165) is 36.8 Å². The van der Waals surface area contributed by atoms with Gasteiger partial charge in [-0.25, -0.2) is 4.98 Å². The van der Waals surface area contributed by atoms with E-state index in [9.17, 15) is 5.11 Å². The van der Waals surface area contributed by atoms with Crippen molar-refractivity contribution >= 4 is 11.3 Å². The highest BCUT2D eigenvalue weighted by molar-refractivity contribution is 7.09. The van der Waals surface area contributed by atoms with Gasteiger partial charge in [0.15, 0.2) is 0 Å². The lowest BCUT2D eigenvalue weighted by Crippen LogP contribution is -2.35. The summed E-state index contributed by atoms with van der Waals surface area (Å²) in [5.41, 5.74) is 2.01. The van der Waals surface area contributed by atoms with Gasteiger partial charge in [0.2, 0.25) is 0 Å². The largest absolute Gasteiger partial charge is 0.387 e. The predicted molar refractivity (Wildman–Crippen MR) is 80.0 cm³/mol. The molecule has 2 aromatic rings. The first-order chi connectivity index (χ1) is 9.72. The van der Waals surface area contributed by atoms with Crippen molar-refractivity contribution in [3.8, 4) is 0 Å². The quantitative estimate of drug-likeness (QED) is 0.942. The number of rotatable bonds is 3. The SMILES string of the molecule is CC(O)c1csc(C2(c3ccccc3)CCOCC2)n1. The molecule has 1 fully saturated rings. The van der Waals surface area contributed by atoms with Crippen LogP contribution in [0.25, 0.3) is 0 Å². The number of benzene rings is 1. The van der Waals surface area contributed by atoms with Gasteiger partial charge < -0.3 is 9.84 Å². The number of hydrogen-bond acceptors (Lipinski definition) is 4. The Hall–Kier alpha value is -1.23. The Bertz CT molecular complexity index is 559. The molecule has 0 bridgehead atoms. The van der Waals surface area contributed by atoms with Crippen LogP contribution in [-0.2, 0) is 10.2 Å². The summed E-state index contributed by atoms with van der Waals surface area (Å²) in [6.07, 6.45) is 1.39. The van der Waals surface area contributed by atoms with Gasteiger partial charge in [0.1, 0.15) is 5.01 Å². The lowest BCUT2D eigenvalue weighted by molar-refractivity contribution is 0.0628. The first-order valence-corrected chi connectivity index (χ1v) is 7.87. The van der Waals surface area contributed by atoms with E-state index in [1.165, 1.54) is 5.56 Å². The second kappa shape index (κ2) is 5.64. The van der Waals surface area contributed by atoms with Crippen LogP contribution in [0.3, 0.4) is 0 Å². The Kier molecular flexibility index (Phi) is 3.87. The van der Waals surface area contributed by atoms with Crippen molar-refractivity contribution in [3.63, 3.8) is 0 Å². The number of ether oxygens (including phenoxy) is 1. The highest BCUT2D eigenvalue weighted by Crippen LogP contribution is 2.42. The Morgan fingerprint density at radius 3 is 2.55 bits per heavy atom. The molecule has 3 rings (SSSR count). The van der Waals surface area contributed by atoms with Crippen LogP contribution in [0.2, 0.25) is 0 Å². The van der Waals surface area contributed by atoms with Gasteiger partial charge in [-0.15, -0.1) is 11.3 Å². The van der Waals surface area contributed by atoms with Gasteiger partial charge in [-0.1, -0.05) is 30.3 Å². The second-order valence-corrected chi connectivity index (χ2v) is 6.17. The van der Waals surface area contributed by atoms with Crippen molar-refractivity contribution in [1.82, 2.24) is 4.98 Å². The number of hydrogen-bond donors (Lipinski definition) is 1. The van der Waals surface area contributed by atoms with Crippen LogP contribution in [0.5, 0.6) is 0 Å². The molecule has 0 amide bonds. The molecule has 1 atom stereocenters. The van der Waals surface area contributed by atoms with Crippen molar-refractivity contribution in [1.29, 1.82) is 0 Å². The van der Waals surface area contributed by atoms with E-state index in [4.69, 9.17) is 9.72 Å². The smallest absolute Gasteiger partial charge is 0.104 e. The Morgan fingerprint density at radius 2 is 1.95 bits per heavy atom. The zero-order chi connectivity index (χ0) is 14.0. The van der Waals surface area contributed by atoms with Gasteiger partial charge >= 0.3 is 0 Å². The zero-order valence-electron chi connectivity index (χ0n) is 11.6. The molecule has 1 aliphatic heterocycles. The van der Waals surface area contributed by atoms with Crippen LogP contribution < -0.4 is 0 Å². The van der Waals surface area contributed by atoms with Crippen LogP contribution in [-0.4, -0.2) is 23.3 Å². The monoisotopic (exact) mass is 289 g/mol. The molecule has 0 aliphatic carbocycles. The molecule has 0 saturated carbocycles. The average molecular weight is 289 g/mol. The van der Waals surface area contributed by atoms with Crippen LogP contribution in [0.15, 0.2) is 35.7 Å². The number of nitrogens with zero attached hydrogens (tertiary/aromatic N) is 1. The minimum atomic E-state index is -0.507. The third kappa shape index (κ3) is 2.39. The van der Waals surface area contributed by atoms with E-state index in [1.54, 1.807) is 18.3 Å². The first-order valence-electron chi connectivity index (χ1n) is 7.00. The van der Waals surface area contributed by atoms with Crippen molar-refractivity contribution in [2.24, 2.45) is 0 Å². The summed E-state index contributed by atoms with van der Waals surface area (Å²) >= 11 is 1.65. The maximum Gasteiger partial charge on any atom is 0.104 e. The van der Waals surface area contributed by atoms with Crippen LogP contribution in [0.4, 0.5) is 0 Å². The second-order valence-electron chi connectivity index (χ2n) is 5.31. The van der Waals surface area contributed by atoms with Crippen molar-refractivity contribution in [2.75, 3.05) is 13.2 Å². The van der Waals surface area contributed by atoms with Gasteiger partial charge in [0, 0.05) is 18.6 Å². The number of aliphatic hydroxyl groups excluding tert-OH is 1. The fraction of sp³-hybridized carbons (Fsp3) is 0.438. The zero-order valence-corrected chi connectivity index (χ0v) is 12.4. The third-order valence-corrected chi connectivity index (χ3v) is 5.10. The maximum atomic E-state index is 9.71. The molecule has 4 heteroatoms. The van der Waals surface area contributed by atoms with Crippen LogP contribution >= 0.6 is 11.3 Å². The lowest BCUT2D eigenvalue weighted by atomic mass is 9.74. The minimum Gasteiger partial charge on any atom is -0.387 e. The predicted octanol–water partition coefficient (Wildman–Crippen LogP) is 3.29. The molecule has 0 radical (unpaired) electrons. The van der Waals surface area contributed by atoms with Gasteiger partial charge in [0.05, 0.1) is 17.2 Å². The summed E-state index contributed by atoms with van der Waals surface area (Å²) in [6, 6.07) is 10.6. The van der Waals surface area contributed by atoms with Gasteiger partial charge in [-0.3, -0.25) is 0 Å². The Labute approximate surface area is 123 Å². The minimum absolute atomic E-state index is 0.0582. The Morgan fingerprint density at radius 1 is 1.25 bits per heavy atom. The summed E-state index contributed by atoms with van der Waals surface area (Å²) in [5.74, 6) is 0. The fourth-order valence-electron chi connectivity index (χ4n) is 2.80. The summed E-state index contributed by atoms with van der Waals surface area (Å²) in [6.45, 7) is 3.29. The summed E-state index contributed by atoms with van der Waals surface area (Å²) < 4.78 is 5.55. The highest BCUT2D eigenvalue weighted by Gasteiger charge is 2.39. The molecule has 1 aromatic heterocycles. The van der Waals surface area contributed by atoms with Gasteiger partial charge in [-0.05, 0) is 25.3 Å². The molecule has 2 heterocycles. The maximum absolute atomic E-state index is 9.71. The number of thiazole rings is 1. The first kappa shape index (κ1) is 13.7. The van der Waals surface area contributed by atoms with Gasteiger partial charge in [0.25, 0.3) is 0 Å². The highest BCUT2D eigenvalue weighted by atomic mass is 32.1. The topological polar surface area (TPSA) is 42.4 Å². The molecule has 1 saturated heterocycles. The fourth-order valence-corrected chi connectivity index (χ4v) is 3.99. The number of aliphatic hydroxyl groups is 1. The van der Waals surface area contributed by atoms with Crippen LogP contribution in [0.1, 0.15) is 42.1 Å². The van der Waals surface area contributed by atoms with Crippen molar-refractivity contribution in [3.05, 3.63) is 52.0 Å².